The van der Waals surface area contributed by atoms with Gasteiger partial charge >= 0.3 is 11.9 Å². The molecule has 2 rings (SSSR count). The van der Waals surface area contributed by atoms with Gasteiger partial charge in [0.1, 0.15) is 11.7 Å². The third kappa shape index (κ3) is 2.60. The van der Waals surface area contributed by atoms with E-state index in [9.17, 15) is 9.59 Å². The number of terminal acetylenes is 1. The molecule has 1 heterocycles. The van der Waals surface area contributed by atoms with E-state index < -0.39 is 11.5 Å². The predicted octanol–water partition coefficient (Wildman–Crippen LogP) is 1.92. The Morgan fingerprint density at radius 2 is 2.32 bits per heavy atom. The minimum absolute atomic E-state index is 0.0840. The first-order valence-electron chi connectivity index (χ1n) is 6.73. The van der Waals surface area contributed by atoms with Gasteiger partial charge in [0.2, 0.25) is 0 Å². The molecule has 0 unspecified atom stereocenters. The van der Waals surface area contributed by atoms with Crippen LogP contribution in [0.3, 0.4) is 0 Å². The van der Waals surface area contributed by atoms with E-state index in [1.165, 1.54) is 0 Å². The molecule has 1 aliphatic heterocycles. The van der Waals surface area contributed by atoms with Gasteiger partial charge in [-0.05, 0) is 26.2 Å². The first-order valence-corrected chi connectivity index (χ1v) is 6.73. The first-order chi connectivity index (χ1) is 8.86. The molecule has 1 saturated heterocycles. The van der Waals surface area contributed by atoms with Gasteiger partial charge < -0.3 is 9.47 Å². The molecule has 2 bridgehead atoms. The van der Waals surface area contributed by atoms with Gasteiger partial charge in [-0.15, -0.1) is 12.3 Å². The van der Waals surface area contributed by atoms with E-state index >= 15 is 0 Å². The van der Waals surface area contributed by atoms with Gasteiger partial charge in [-0.1, -0.05) is 6.92 Å². The van der Waals surface area contributed by atoms with Gasteiger partial charge in [0, 0.05) is 12.8 Å². The van der Waals surface area contributed by atoms with E-state index in [0.29, 0.717) is 19.3 Å². The van der Waals surface area contributed by atoms with Crippen LogP contribution in [0.15, 0.2) is 0 Å². The number of carbonyl (C=O) groups is 2. The zero-order chi connectivity index (χ0) is 14.2. The van der Waals surface area contributed by atoms with E-state index in [1.54, 1.807) is 6.92 Å². The molecule has 0 aromatic heterocycles. The van der Waals surface area contributed by atoms with E-state index in [0.717, 1.165) is 0 Å². The number of hydrogen-bond acceptors (Lipinski definition) is 4. The van der Waals surface area contributed by atoms with Crippen LogP contribution in [-0.4, -0.2) is 23.6 Å². The normalized spacial score (nSPS) is 38.2. The summed E-state index contributed by atoms with van der Waals surface area (Å²) in [7, 11) is 0. The number of fused-ring (bicyclic) bond motifs is 2. The van der Waals surface area contributed by atoms with Crippen LogP contribution in [0, 0.1) is 30.1 Å². The maximum atomic E-state index is 12.2. The highest BCUT2D eigenvalue weighted by molar-refractivity contribution is 5.84. The highest BCUT2D eigenvalue weighted by Crippen LogP contribution is 2.48. The van der Waals surface area contributed by atoms with Crippen molar-refractivity contribution < 1.29 is 19.1 Å². The Balaban J connectivity index is 2.09. The Morgan fingerprint density at radius 1 is 1.63 bits per heavy atom. The minimum Gasteiger partial charge on any atom is -0.461 e. The van der Waals surface area contributed by atoms with Crippen LogP contribution in [0.25, 0.3) is 0 Å². The van der Waals surface area contributed by atoms with Crippen molar-refractivity contribution in [1.29, 1.82) is 0 Å². The molecule has 1 saturated carbocycles. The molecule has 1 aliphatic carbocycles. The van der Waals surface area contributed by atoms with Crippen LogP contribution in [0.2, 0.25) is 0 Å². The van der Waals surface area contributed by atoms with Crippen molar-refractivity contribution in [2.75, 3.05) is 0 Å². The standard InChI is InChI=1S/C15H20O4/c1-5-6-10(3)18-14(17)12-9(2)7-15(4)8-11(12)13(16)19-15/h1,9-12H,6-8H2,2-4H3/t9-,10-,11+,12-,15+/m0/s1. The van der Waals surface area contributed by atoms with Crippen molar-refractivity contribution in [3.63, 3.8) is 0 Å². The largest absolute Gasteiger partial charge is 0.461 e. The number of rotatable bonds is 3. The molecule has 0 aromatic carbocycles. The molecule has 4 nitrogen and oxygen atoms in total. The van der Waals surface area contributed by atoms with Crippen LogP contribution < -0.4 is 0 Å². The van der Waals surface area contributed by atoms with Crippen molar-refractivity contribution in [2.45, 2.75) is 51.7 Å². The van der Waals surface area contributed by atoms with Crippen molar-refractivity contribution in [1.82, 2.24) is 0 Å². The maximum absolute atomic E-state index is 12.2. The van der Waals surface area contributed by atoms with Gasteiger partial charge in [-0.2, -0.15) is 0 Å². The molecule has 2 fully saturated rings. The lowest BCUT2D eigenvalue weighted by Crippen LogP contribution is -2.41. The van der Waals surface area contributed by atoms with Crippen LogP contribution in [0.4, 0.5) is 0 Å². The van der Waals surface area contributed by atoms with Crippen molar-refractivity contribution in [2.24, 2.45) is 17.8 Å². The summed E-state index contributed by atoms with van der Waals surface area (Å²) in [5, 5.41) is 0. The summed E-state index contributed by atoms with van der Waals surface area (Å²) in [6.45, 7) is 5.68. The maximum Gasteiger partial charge on any atom is 0.310 e. The molecule has 0 N–H and O–H groups in total. The summed E-state index contributed by atoms with van der Waals surface area (Å²) in [5.74, 6) is 1.21. The second-order valence-electron chi connectivity index (χ2n) is 6.04. The highest BCUT2D eigenvalue weighted by Gasteiger charge is 2.56. The van der Waals surface area contributed by atoms with Gasteiger partial charge in [0.25, 0.3) is 0 Å². The Labute approximate surface area is 113 Å². The number of ether oxygens (including phenoxy) is 2. The molecule has 2 aliphatic rings. The van der Waals surface area contributed by atoms with Gasteiger partial charge in [-0.3, -0.25) is 9.59 Å². The molecular weight excluding hydrogens is 244 g/mol. The fourth-order valence-electron chi connectivity index (χ4n) is 3.39. The topological polar surface area (TPSA) is 52.6 Å². The lowest BCUT2D eigenvalue weighted by molar-refractivity contribution is -0.160. The summed E-state index contributed by atoms with van der Waals surface area (Å²) in [4.78, 5) is 24.1. The summed E-state index contributed by atoms with van der Waals surface area (Å²) in [6, 6.07) is 0. The molecule has 4 heteroatoms. The Bertz CT molecular complexity index is 436. The third-order valence-corrected chi connectivity index (χ3v) is 4.10. The zero-order valence-electron chi connectivity index (χ0n) is 11.6. The lowest BCUT2D eigenvalue weighted by Gasteiger charge is -2.35. The van der Waals surface area contributed by atoms with Gasteiger partial charge in [0.15, 0.2) is 0 Å². The van der Waals surface area contributed by atoms with Crippen LogP contribution in [0.1, 0.15) is 40.0 Å². The average Bonchev–Trinajstić information content (AvgIpc) is 2.49. The van der Waals surface area contributed by atoms with E-state index in [4.69, 9.17) is 15.9 Å². The second-order valence-corrected chi connectivity index (χ2v) is 6.04. The predicted molar refractivity (Wildman–Crippen MR) is 68.9 cm³/mol. The highest BCUT2D eigenvalue weighted by atomic mass is 16.6. The molecule has 104 valence electrons. The van der Waals surface area contributed by atoms with Crippen molar-refractivity contribution in [3.8, 4) is 12.3 Å². The molecule has 19 heavy (non-hydrogen) atoms. The summed E-state index contributed by atoms with van der Waals surface area (Å²) in [6.07, 6.45) is 6.59. The molecule has 0 spiro atoms. The number of hydrogen-bond donors (Lipinski definition) is 0. The monoisotopic (exact) mass is 264 g/mol. The Morgan fingerprint density at radius 3 is 2.95 bits per heavy atom. The molecule has 0 aromatic rings. The minimum atomic E-state index is -0.400. The first kappa shape index (κ1) is 13.9. The van der Waals surface area contributed by atoms with Crippen LogP contribution in [-0.2, 0) is 19.1 Å². The summed E-state index contributed by atoms with van der Waals surface area (Å²) in [5.41, 5.74) is -0.400. The average molecular weight is 264 g/mol. The van der Waals surface area contributed by atoms with E-state index in [-0.39, 0.29) is 29.9 Å². The zero-order valence-corrected chi connectivity index (χ0v) is 11.6. The third-order valence-electron chi connectivity index (χ3n) is 4.10. The van der Waals surface area contributed by atoms with E-state index in [2.05, 4.69) is 5.92 Å². The summed E-state index contributed by atoms with van der Waals surface area (Å²) >= 11 is 0. The second kappa shape index (κ2) is 4.88. The quantitative estimate of drug-likeness (QED) is 0.577. The summed E-state index contributed by atoms with van der Waals surface area (Å²) < 4.78 is 10.7. The molecule has 0 amide bonds. The van der Waals surface area contributed by atoms with Crippen LogP contribution in [0.5, 0.6) is 0 Å². The fourth-order valence-corrected chi connectivity index (χ4v) is 3.39. The number of esters is 2. The van der Waals surface area contributed by atoms with Gasteiger partial charge in [-0.25, -0.2) is 0 Å². The lowest BCUT2D eigenvalue weighted by atomic mass is 9.69. The van der Waals surface area contributed by atoms with E-state index in [1.807, 2.05) is 13.8 Å². The fraction of sp³-hybridized carbons (Fsp3) is 0.733. The Kier molecular flexibility index (Phi) is 3.58. The molecule has 5 atom stereocenters. The van der Waals surface area contributed by atoms with Crippen molar-refractivity contribution in [3.05, 3.63) is 0 Å². The molecule has 0 radical (unpaired) electrons. The SMILES string of the molecule is C#CC[C@H](C)OC(=O)[C@H]1[C@@H](C)C[C@]2(C)C[C@H]1C(=O)O2. The molecular formula is C15H20O4. The van der Waals surface area contributed by atoms with Gasteiger partial charge in [0.05, 0.1) is 11.8 Å². The van der Waals surface area contributed by atoms with Crippen molar-refractivity contribution >= 4 is 11.9 Å². The van der Waals surface area contributed by atoms with Crippen LogP contribution >= 0.6 is 0 Å². The number of carbonyl (C=O) groups excluding carboxylic acids is 2. The Hall–Kier alpha value is -1.50. The smallest absolute Gasteiger partial charge is 0.310 e.